The van der Waals surface area contributed by atoms with Crippen LogP contribution in [-0.4, -0.2) is 38.8 Å². The molecule has 0 spiro atoms. The van der Waals surface area contributed by atoms with Gasteiger partial charge >= 0.3 is 0 Å². The zero-order valence-electron chi connectivity index (χ0n) is 10.3. The lowest BCUT2D eigenvalue weighted by atomic mass is 10.2. The van der Waals surface area contributed by atoms with E-state index in [4.69, 9.17) is 14.3 Å². The molecule has 0 bridgehead atoms. The number of hydrogen-bond donors (Lipinski definition) is 0. The Morgan fingerprint density at radius 3 is 2.41 bits per heavy atom. The lowest BCUT2D eigenvalue weighted by Crippen LogP contribution is -2.29. The first-order valence-electron chi connectivity index (χ1n) is 5.18. The van der Waals surface area contributed by atoms with E-state index < -0.39 is 0 Å². The molecule has 0 heterocycles. The molecule has 1 aromatic rings. The van der Waals surface area contributed by atoms with Crippen molar-refractivity contribution in [2.24, 2.45) is 0 Å². The maximum Gasteiger partial charge on any atom is 0.271 e. The van der Waals surface area contributed by atoms with E-state index in [0.717, 1.165) is 16.4 Å². The number of nitrogens with zero attached hydrogens (tertiary/aromatic N) is 1. The fourth-order valence-corrected chi connectivity index (χ4v) is 1.17. The van der Waals surface area contributed by atoms with E-state index in [1.807, 2.05) is 24.3 Å². The van der Waals surface area contributed by atoms with Crippen LogP contribution in [-0.2, 0) is 21.0 Å². The summed E-state index contributed by atoms with van der Waals surface area (Å²) in [6.07, 6.45) is 0. The van der Waals surface area contributed by atoms with E-state index in [2.05, 4.69) is 0 Å². The van der Waals surface area contributed by atoms with Crippen LogP contribution < -0.4 is 4.74 Å². The number of amides is 1. The zero-order valence-corrected chi connectivity index (χ0v) is 10.3. The van der Waals surface area contributed by atoms with Crippen LogP contribution in [0.15, 0.2) is 24.3 Å². The number of hydrogen-bond acceptors (Lipinski definition) is 4. The Morgan fingerprint density at radius 1 is 1.24 bits per heavy atom. The molecule has 94 valence electrons. The van der Waals surface area contributed by atoms with Gasteiger partial charge in [0.05, 0.1) is 20.8 Å². The lowest BCUT2D eigenvalue weighted by molar-refractivity contribution is -0.173. The van der Waals surface area contributed by atoms with Gasteiger partial charge < -0.3 is 9.47 Å². The summed E-state index contributed by atoms with van der Waals surface area (Å²) in [5.74, 6) is 0.574. The maximum absolute atomic E-state index is 11.3. The predicted octanol–water partition coefficient (Wildman–Crippen LogP) is 1.23. The molecule has 5 nitrogen and oxygen atoms in total. The third kappa shape index (κ3) is 4.42. The monoisotopic (exact) mass is 239 g/mol. The number of hydroxylamine groups is 2. The zero-order chi connectivity index (χ0) is 12.7. The van der Waals surface area contributed by atoms with Gasteiger partial charge in [0.15, 0.2) is 0 Å². The van der Waals surface area contributed by atoms with E-state index in [1.165, 1.54) is 7.11 Å². The molecule has 0 N–H and O–H groups in total. The van der Waals surface area contributed by atoms with Gasteiger partial charge in [0.2, 0.25) is 0 Å². The largest absolute Gasteiger partial charge is 0.497 e. The highest BCUT2D eigenvalue weighted by Crippen LogP contribution is 2.11. The first kappa shape index (κ1) is 13.5. The second-order valence-electron chi connectivity index (χ2n) is 3.41. The van der Waals surface area contributed by atoms with E-state index in [9.17, 15) is 4.79 Å². The number of carbonyl (C=O) groups excluding carboxylic acids is 1. The van der Waals surface area contributed by atoms with Crippen molar-refractivity contribution in [1.29, 1.82) is 0 Å². The van der Waals surface area contributed by atoms with E-state index in [1.54, 1.807) is 14.2 Å². The molecule has 17 heavy (non-hydrogen) atoms. The van der Waals surface area contributed by atoms with Crippen LogP contribution in [0.2, 0.25) is 0 Å². The summed E-state index contributed by atoms with van der Waals surface area (Å²) < 4.78 is 10.3. The number of likely N-dealkylation sites (N-methyl/N-ethyl adjacent to an activating group) is 1. The van der Waals surface area contributed by atoms with Crippen molar-refractivity contribution < 1.29 is 19.1 Å². The molecule has 0 unspecified atom stereocenters. The van der Waals surface area contributed by atoms with Gasteiger partial charge in [0.25, 0.3) is 5.91 Å². The molecule has 0 saturated carbocycles. The molecule has 1 amide bonds. The van der Waals surface area contributed by atoms with Gasteiger partial charge in [0, 0.05) is 7.05 Å². The maximum atomic E-state index is 11.3. The Bertz CT molecular complexity index is 350. The number of methoxy groups -OCH3 is 1. The van der Waals surface area contributed by atoms with Crippen LogP contribution in [0.5, 0.6) is 5.75 Å². The second kappa shape index (κ2) is 6.88. The van der Waals surface area contributed by atoms with Gasteiger partial charge in [-0.2, -0.15) is 0 Å². The molecule has 0 atom stereocenters. The smallest absolute Gasteiger partial charge is 0.271 e. The summed E-state index contributed by atoms with van der Waals surface area (Å²) in [5, 5.41) is 1.13. The van der Waals surface area contributed by atoms with Crippen LogP contribution in [0.25, 0.3) is 0 Å². The lowest BCUT2D eigenvalue weighted by Gasteiger charge is -2.13. The second-order valence-corrected chi connectivity index (χ2v) is 3.41. The first-order chi connectivity index (χ1) is 8.17. The Morgan fingerprint density at radius 2 is 1.88 bits per heavy atom. The normalized spacial score (nSPS) is 10.1. The molecular weight excluding hydrogens is 222 g/mol. The Balaban J connectivity index is 2.33. The summed E-state index contributed by atoms with van der Waals surface area (Å²) in [7, 11) is 4.59. The minimum Gasteiger partial charge on any atom is -0.497 e. The van der Waals surface area contributed by atoms with Crippen molar-refractivity contribution in [3.8, 4) is 5.75 Å². The molecule has 0 saturated heterocycles. The Hall–Kier alpha value is -1.59. The van der Waals surface area contributed by atoms with Crippen molar-refractivity contribution >= 4 is 5.91 Å². The van der Waals surface area contributed by atoms with E-state index >= 15 is 0 Å². The summed E-state index contributed by atoms with van der Waals surface area (Å²) >= 11 is 0. The van der Waals surface area contributed by atoms with Crippen LogP contribution in [0, 0.1) is 0 Å². The van der Waals surface area contributed by atoms with Crippen LogP contribution in [0.1, 0.15) is 5.56 Å². The van der Waals surface area contributed by atoms with Crippen LogP contribution >= 0.6 is 0 Å². The summed E-state index contributed by atoms with van der Waals surface area (Å²) in [6, 6.07) is 7.48. The molecule has 5 heteroatoms. The summed E-state index contributed by atoms with van der Waals surface area (Å²) in [5.41, 5.74) is 0.985. The standard InChI is InChI=1S/C12H17NO4/c1-13(16-3)12(14)9-17-8-10-4-6-11(15-2)7-5-10/h4-7H,8-9H2,1-3H3. The summed E-state index contributed by atoms with van der Waals surface area (Å²) in [6.45, 7) is 0.379. The third-order valence-corrected chi connectivity index (χ3v) is 2.28. The number of ether oxygens (including phenoxy) is 2. The average molecular weight is 239 g/mol. The quantitative estimate of drug-likeness (QED) is 0.701. The van der Waals surface area contributed by atoms with Crippen molar-refractivity contribution in [3.05, 3.63) is 29.8 Å². The molecule has 0 aliphatic rings. The van der Waals surface area contributed by atoms with Gasteiger partial charge in [-0.15, -0.1) is 0 Å². The highest BCUT2D eigenvalue weighted by Gasteiger charge is 2.07. The van der Waals surface area contributed by atoms with E-state index in [-0.39, 0.29) is 12.5 Å². The molecule has 0 radical (unpaired) electrons. The van der Waals surface area contributed by atoms with Crippen LogP contribution in [0.4, 0.5) is 0 Å². The fraction of sp³-hybridized carbons (Fsp3) is 0.417. The number of benzene rings is 1. The molecule has 1 rings (SSSR count). The van der Waals surface area contributed by atoms with Crippen molar-refractivity contribution in [1.82, 2.24) is 5.06 Å². The molecule has 0 fully saturated rings. The number of carbonyl (C=O) groups is 1. The molecule has 0 aliphatic carbocycles. The number of rotatable bonds is 6. The molecule has 0 aromatic heterocycles. The van der Waals surface area contributed by atoms with Gasteiger partial charge in [0.1, 0.15) is 12.4 Å². The Kier molecular flexibility index (Phi) is 5.45. The topological polar surface area (TPSA) is 48.0 Å². The van der Waals surface area contributed by atoms with Gasteiger partial charge in [-0.3, -0.25) is 9.63 Å². The Labute approximate surface area is 101 Å². The minimum absolute atomic E-state index is 0.00360. The van der Waals surface area contributed by atoms with Crippen molar-refractivity contribution in [2.45, 2.75) is 6.61 Å². The van der Waals surface area contributed by atoms with Crippen molar-refractivity contribution in [2.75, 3.05) is 27.9 Å². The molecular formula is C12H17NO4. The predicted molar refractivity (Wildman–Crippen MR) is 62.4 cm³/mol. The van der Waals surface area contributed by atoms with Gasteiger partial charge in [-0.1, -0.05) is 12.1 Å². The minimum atomic E-state index is -0.221. The average Bonchev–Trinajstić information content (AvgIpc) is 2.38. The molecule has 1 aromatic carbocycles. The van der Waals surface area contributed by atoms with E-state index in [0.29, 0.717) is 6.61 Å². The highest BCUT2D eigenvalue weighted by atomic mass is 16.7. The van der Waals surface area contributed by atoms with Crippen molar-refractivity contribution in [3.63, 3.8) is 0 Å². The third-order valence-electron chi connectivity index (χ3n) is 2.28. The van der Waals surface area contributed by atoms with Gasteiger partial charge in [-0.05, 0) is 17.7 Å². The SMILES string of the molecule is COc1ccc(COCC(=O)N(C)OC)cc1. The highest BCUT2D eigenvalue weighted by molar-refractivity contribution is 5.75. The summed E-state index contributed by atoms with van der Waals surface area (Å²) in [4.78, 5) is 16.1. The van der Waals surface area contributed by atoms with Gasteiger partial charge in [-0.25, -0.2) is 5.06 Å². The van der Waals surface area contributed by atoms with Crippen LogP contribution in [0.3, 0.4) is 0 Å². The first-order valence-corrected chi connectivity index (χ1v) is 5.18. The fourth-order valence-electron chi connectivity index (χ4n) is 1.17. The molecule has 0 aliphatic heterocycles.